The molecule has 0 spiro atoms. The van der Waals surface area contributed by atoms with Gasteiger partial charge in [0.05, 0.1) is 12.8 Å². The zero-order valence-electron chi connectivity index (χ0n) is 15.3. The van der Waals surface area contributed by atoms with E-state index in [1.807, 2.05) is 24.3 Å². The predicted octanol–water partition coefficient (Wildman–Crippen LogP) is 3.27. The number of rotatable bonds is 6. The maximum Gasteiger partial charge on any atom is 0.291 e. The van der Waals surface area contributed by atoms with Gasteiger partial charge < -0.3 is 15.1 Å². The number of hydrogen-bond donors (Lipinski definition) is 2. The van der Waals surface area contributed by atoms with Gasteiger partial charge in [-0.25, -0.2) is 0 Å². The highest BCUT2D eigenvalue weighted by Crippen LogP contribution is 2.23. The molecule has 0 saturated carbocycles. The number of thiophene rings is 1. The molecule has 4 rings (SSSR count). The Morgan fingerprint density at radius 3 is 2.79 bits per heavy atom. The molecular formula is C21H21N3O3S. The van der Waals surface area contributed by atoms with Crippen LogP contribution in [0.4, 0.5) is 5.69 Å². The highest BCUT2D eigenvalue weighted by Gasteiger charge is 2.19. The standard InChI is InChI=1S/C21H21N3O3S/c25-20(14-24-9-7-19-16(13-24)8-11-28-19)22-12-15-3-5-17(6-4-15)23-21(26)18-2-1-10-27-18/h1-6,8,10-11H,7,9,12-14H2,(H,22,25)(H,23,26). The molecule has 3 heterocycles. The van der Waals surface area contributed by atoms with Gasteiger partial charge in [-0.1, -0.05) is 12.1 Å². The van der Waals surface area contributed by atoms with Gasteiger partial charge in [0.15, 0.2) is 5.76 Å². The molecule has 0 bridgehead atoms. The number of benzene rings is 1. The first-order valence-electron chi connectivity index (χ1n) is 9.15. The fraction of sp³-hybridized carbons (Fsp3) is 0.238. The largest absolute Gasteiger partial charge is 0.459 e. The highest BCUT2D eigenvalue weighted by atomic mass is 32.1. The summed E-state index contributed by atoms with van der Waals surface area (Å²) in [6, 6.07) is 12.8. The summed E-state index contributed by atoms with van der Waals surface area (Å²) in [5, 5.41) is 7.86. The zero-order valence-corrected chi connectivity index (χ0v) is 16.1. The van der Waals surface area contributed by atoms with E-state index in [-0.39, 0.29) is 17.6 Å². The van der Waals surface area contributed by atoms with Gasteiger partial charge in [0.1, 0.15) is 0 Å². The maximum atomic E-state index is 12.3. The molecule has 1 aliphatic heterocycles. The van der Waals surface area contributed by atoms with Crippen molar-refractivity contribution in [2.45, 2.75) is 19.5 Å². The molecule has 1 aromatic carbocycles. The first kappa shape index (κ1) is 18.5. The van der Waals surface area contributed by atoms with Crippen LogP contribution in [0.15, 0.2) is 58.5 Å². The Morgan fingerprint density at radius 1 is 1.14 bits per heavy atom. The Balaban J connectivity index is 1.23. The van der Waals surface area contributed by atoms with Crippen molar-refractivity contribution in [3.63, 3.8) is 0 Å². The van der Waals surface area contributed by atoms with E-state index in [2.05, 4.69) is 27.0 Å². The Hall–Kier alpha value is -2.90. The summed E-state index contributed by atoms with van der Waals surface area (Å²) >= 11 is 1.80. The van der Waals surface area contributed by atoms with Crippen molar-refractivity contribution < 1.29 is 14.0 Å². The van der Waals surface area contributed by atoms with Crippen molar-refractivity contribution in [3.8, 4) is 0 Å². The Labute approximate surface area is 167 Å². The number of amides is 2. The monoisotopic (exact) mass is 395 g/mol. The van der Waals surface area contributed by atoms with Gasteiger partial charge in [0.2, 0.25) is 5.91 Å². The Bertz CT molecular complexity index is 948. The predicted molar refractivity (Wildman–Crippen MR) is 108 cm³/mol. The lowest BCUT2D eigenvalue weighted by molar-refractivity contribution is -0.122. The number of nitrogens with one attached hydrogen (secondary N) is 2. The fourth-order valence-corrected chi connectivity index (χ4v) is 4.10. The minimum atomic E-state index is -0.290. The van der Waals surface area contributed by atoms with Gasteiger partial charge in [-0.3, -0.25) is 14.5 Å². The number of hydrogen-bond acceptors (Lipinski definition) is 5. The molecule has 1 aliphatic rings. The third-order valence-electron chi connectivity index (χ3n) is 4.70. The van der Waals surface area contributed by atoms with Crippen LogP contribution in [0.1, 0.15) is 26.6 Å². The quantitative estimate of drug-likeness (QED) is 0.672. The molecule has 0 atom stereocenters. The van der Waals surface area contributed by atoms with E-state index < -0.39 is 0 Å². The molecule has 6 nitrogen and oxygen atoms in total. The lowest BCUT2D eigenvalue weighted by atomic mass is 10.1. The average molecular weight is 395 g/mol. The molecule has 0 fully saturated rings. The summed E-state index contributed by atoms with van der Waals surface area (Å²) in [6.45, 7) is 2.64. The molecule has 2 aromatic heterocycles. The second-order valence-electron chi connectivity index (χ2n) is 6.73. The van der Waals surface area contributed by atoms with Crippen LogP contribution >= 0.6 is 11.3 Å². The Morgan fingerprint density at radius 2 is 2.00 bits per heavy atom. The second kappa shape index (κ2) is 8.41. The van der Waals surface area contributed by atoms with Crippen LogP contribution in [-0.2, 0) is 24.3 Å². The van der Waals surface area contributed by atoms with Gasteiger partial charge >= 0.3 is 0 Å². The van der Waals surface area contributed by atoms with Gasteiger partial charge in [-0.15, -0.1) is 11.3 Å². The van der Waals surface area contributed by atoms with Crippen molar-refractivity contribution >= 4 is 28.8 Å². The van der Waals surface area contributed by atoms with E-state index in [0.717, 1.165) is 25.1 Å². The molecule has 0 saturated heterocycles. The minimum Gasteiger partial charge on any atom is -0.459 e. The lowest BCUT2D eigenvalue weighted by Gasteiger charge is -2.26. The fourth-order valence-electron chi connectivity index (χ4n) is 3.21. The molecule has 2 amide bonds. The summed E-state index contributed by atoms with van der Waals surface area (Å²) in [5.41, 5.74) is 3.00. The number of nitrogens with zero attached hydrogens (tertiary/aromatic N) is 1. The van der Waals surface area contributed by atoms with Crippen molar-refractivity contribution in [3.05, 3.63) is 75.9 Å². The summed E-state index contributed by atoms with van der Waals surface area (Å²) in [6.07, 6.45) is 2.48. The maximum absolute atomic E-state index is 12.3. The highest BCUT2D eigenvalue weighted by molar-refractivity contribution is 7.10. The van der Waals surface area contributed by atoms with Crippen LogP contribution in [0.25, 0.3) is 0 Å². The normalized spacial score (nSPS) is 13.7. The van der Waals surface area contributed by atoms with E-state index in [9.17, 15) is 9.59 Å². The summed E-state index contributed by atoms with van der Waals surface area (Å²) < 4.78 is 5.07. The van der Waals surface area contributed by atoms with E-state index in [1.54, 1.807) is 23.5 Å². The molecule has 28 heavy (non-hydrogen) atoms. The summed E-state index contributed by atoms with van der Waals surface area (Å²) in [5.74, 6) is -0.00105. The zero-order chi connectivity index (χ0) is 19.3. The van der Waals surface area contributed by atoms with Crippen molar-refractivity contribution in [2.24, 2.45) is 0 Å². The van der Waals surface area contributed by atoms with Crippen LogP contribution in [0.5, 0.6) is 0 Å². The van der Waals surface area contributed by atoms with Crippen LogP contribution in [0.2, 0.25) is 0 Å². The van der Waals surface area contributed by atoms with Crippen molar-refractivity contribution in [2.75, 3.05) is 18.4 Å². The molecule has 2 N–H and O–H groups in total. The molecule has 7 heteroatoms. The van der Waals surface area contributed by atoms with Crippen LogP contribution < -0.4 is 10.6 Å². The SMILES string of the molecule is O=C(CN1CCc2sccc2C1)NCc1ccc(NC(=O)c2ccco2)cc1. The first-order valence-corrected chi connectivity index (χ1v) is 10.0. The van der Waals surface area contributed by atoms with Gasteiger partial charge in [-0.05, 0) is 53.3 Å². The third kappa shape index (κ3) is 4.49. The van der Waals surface area contributed by atoms with Crippen molar-refractivity contribution in [1.29, 1.82) is 0 Å². The average Bonchev–Trinajstić information content (AvgIpc) is 3.39. The van der Waals surface area contributed by atoms with Crippen LogP contribution in [-0.4, -0.2) is 29.8 Å². The molecule has 0 unspecified atom stereocenters. The third-order valence-corrected chi connectivity index (χ3v) is 5.72. The molecular weight excluding hydrogens is 374 g/mol. The summed E-state index contributed by atoms with van der Waals surface area (Å²) in [7, 11) is 0. The van der Waals surface area contributed by atoms with Gasteiger partial charge in [0, 0.05) is 30.2 Å². The number of carbonyl (C=O) groups is 2. The van der Waals surface area contributed by atoms with Crippen LogP contribution in [0, 0.1) is 0 Å². The molecule has 144 valence electrons. The van der Waals surface area contributed by atoms with E-state index in [4.69, 9.17) is 4.42 Å². The summed E-state index contributed by atoms with van der Waals surface area (Å²) in [4.78, 5) is 27.8. The Kier molecular flexibility index (Phi) is 5.55. The smallest absolute Gasteiger partial charge is 0.291 e. The first-order chi connectivity index (χ1) is 13.7. The number of furan rings is 1. The van der Waals surface area contributed by atoms with Gasteiger partial charge in [-0.2, -0.15) is 0 Å². The molecule has 0 aliphatic carbocycles. The number of carbonyl (C=O) groups excluding carboxylic acids is 2. The van der Waals surface area contributed by atoms with E-state index >= 15 is 0 Å². The molecule has 0 radical (unpaired) electrons. The number of anilines is 1. The van der Waals surface area contributed by atoms with E-state index in [1.165, 1.54) is 16.7 Å². The number of fused-ring (bicyclic) bond motifs is 1. The van der Waals surface area contributed by atoms with Crippen LogP contribution in [0.3, 0.4) is 0 Å². The molecule has 3 aromatic rings. The second-order valence-corrected chi connectivity index (χ2v) is 7.74. The minimum absolute atomic E-state index is 0.0221. The van der Waals surface area contributed by atoms with Crippen molar-refractivity contribution in [1.82, 2.24) is 10.2 Å². The topological polar surface area (TPSA) is 74.6 Å². The van der Waals surface area contributed by atoms with Gasteiger partial charge in [0.25, 0.3) is 5.91 Å². The van der Waals surface area contributed by atoms with E-state index in [0.29, 0.717) is 18.8 Å². The lowest BCUT2D eigenvalue weighted by Crippen LogP contribution is -2.39.